The van der Waals surface area contributed by atoms with Gasteiger partial charge in [0.1, 0.15) is 0 Å². The fourth-order valence-corrected chi connectivity index (χ4v) is 0. The predicted octanol–water partition coefficient (Wildman–Crippen LogP) is -9.66. The summed E-state index contributed by atoms with van der Waals surface area (Å²) < 4.78 is 124. The average molecular weight is 657 g/mol. The molecule has 0 atom stereocenters. The van der Waals surface area contributed by atoms with E-state index >= 15 is 0 Å². The molecule has 0 aliphatic rings. The summed E-state index contributed by atoms with van der Waals surface area (Å²) in [5.74, 6) is 0. The Kier molecular flexibility index (Phi) is 67.3. The van der Waals surface area contributed by atoms with Gasteiger partial charge in [-0.3, -0.25) is 21.0 Å². The molecular weight excluding hydrogens is 626 g/mol. The first-order valence-electron chi connectivity index (χ1n) is 6.33. The molecule has 0 bridgehead atoms. The summed E-state index contributed by atoms with van der Waals surface area (Å²) in [4.78, 5) is 0. The molecule has 0 aromatic carbocycles. The van der Waals surface area contributed by atoms with Crippen molar-refractivity contribution in [2.24, 2.45) is 0 Å². The third kappa shape index (κ3) is 14900. The van der Waals surface area contributed by atoms with Crippen LogP contribution < -0.4 is 37.3 Å². The molecule has 0 spiro atoms. The summed E-state index contributed by atoms with van der Waals surface area (Å²) >= 11 is 1.06. The number of rotatable bonds is 0. The van der Waals surface area contributed by atoms with Gasteiger partial charge < -0.3 is 0 Å². The second-order valence-electron chi connectivity index (χ2n) is 4.46. The number of hydrogen-bond donors (Lipinski definition) is 0. The summed E-state index contributed by atoms with van der Waals surface area (Å²) in [7, 11) is -12.9. The van der Waals surface area contributed by atoms with E-state index in [1.807, 2.05) is 0 Å². The van der Waals surface area contributed by atoms with Crippen LogP contribution in [0.15, 0.2) is 0 Å². The fourth-order valence-electron chi connectivity index (χ4n) is 0. The Morgan fingerprint density at radius 3 is 0.375 bits per heavy atom. The van der Waals surface area contributed by atoms with Crippen molar-refractivity contribution in [3.8, 4) is 0 Å². The zero-order valence-electron chi connectivity index (χ0n) is 19.0. The van der Waals surface area contributed by atoms with Gasteiger partial charge in [-0.05, 0) is 0 Å². The molecule has 0 aliphatic heterocycles. The van der Waals surface area contributed by atoms with Gasteiger partial charge in [-0.1, -0.05) is 0 Å². The zero-order valence-corrected chi connectivity index (χ0v) is 26.0. The maximum atomic E-state index is 9.56. The Labute approximate surface area is 215 Å². The van der Waals surface area contributed by atoms with Crippen LogP contribution in [-0.2, 0) is 75.0 Å². The summed E-state index contributed by atoms with van der Waals surface area (Å²) in [6.45, 7) is 0. The van der Waals surface area contributed by atoms with Crippen molar-refractivity contribution in [3.63, 3.8) is 0 Å². The molecule has 0 rings (SSSR count). The van der Waals surface area contributed by atoms with Gasteiger partial charge in [0.15, 0.2) is 0 Å². The first-order chi connectivity index (χ1) is 13.7. The van der Waals surface area contributed by atoms with Crippen LogP contribution in [0, 0.1) is 20.5 Å². The molecule has 22 heteroatoms. The quantitative estimate of drug-likeness (QED) is 0.234. The first-order valence-corrected chi connectivity index (χ1v) is 19.2. The Balaban J connectivity index is -0.0000000346. The van der Waals surface area contributed by atoms with E-state index in [9.17, 15) is 21.0 Å². The van der Waals surface area contributed by atoms with Crippen LogP contribution in [-0.4, -0.2) is 83.6 Å². The van der Waals surface area contributed by atoms with Crippen molar-refractivity contribution < 1.29 is 99.8 Å². The monoisotopic (exact) mass is 655 g/mol. The molecule has 0 saturated carbocycles. The molecule has 0 N–H and O–H groups in total. The summed E-state index contributed by atoms with van der Waals surface area (Å²) in [6.07, 6.45) is 16.4. The van der Waals surface area contributed by atoms with Crippen LogP contribution in [0.5, 0.6) is 0 Å². The van der Waals surface area contributed by atoms with Crippen LogP contribution in [0.3, 0.4) is 0 Å². The van der Waals surface area contributed by atoms with Crippen LogP contribution in [0.1, 0.15) is 0 Å². The molecule has 0 amide bonds. The Morgan fingerprint density at radius 1 is 0.375 bits per heavy atom. The molecule has 0 fully saturated rings. The molecule has 32 heavy (non-hydrogen) atoms. The van der Waals surface area contributed by atoms with E-state index in [0.29, 0.717) is 0 Å². The standard InChI is InChI=1S/5C2H6OS.2ClHO4.O.V/c5*1-4(2)3;2*2-1(3,4)5;;/h5*1-2H3;2*(H,2,3,4,5);;/q;;;;;;;;+2/p-2. The van der Waals surface area contributed by atoms with Crippen molar-refractivity contribution in [3.05, 3.63) is 0 Å². The van der Waals surface area contributed by atoms with Crippen molar-refractivity contribution in [2.75, 3.05) is 62.6 Å². The minimum atomic E-state index is -4.94. The van der Waals surface area contributed by atoms with E-state index in [1.54, 1.807) is 62.6 Å². The molecule has 0 aliphatic carbocycles. The second kappa shape index (κ2) is 39.6. The van der Waals surface area contributed by atoms with Crippen molar-refractivity contribution in [2.45, 2.75) is 0 Å². The van der Waals surface area contributed by atoms with Crippen LogP contribution in [0.25, 0.3) is 0 Å². The van der Waals surface area contributed by atoms with Gasteiger partial charge in [0.05, 0.1) is 0 Å². The van der Waals surface area contributed by atoms with Crippen molar-refractivity contribution in [1.82, 2.24) is 0 Å². The van der Waals surface area contributed by atoms with E-state index in [-0.39, 0.29) is 0 Å². The van der Waals surface area contributed by atoms with Crippen LogP contribution in [0.4, 0.5) is 0 Å². The number of hydrogen-bond acceptors (Lipinski definition) is 14. The summed E-state index contributed by atoms with van der Waals surface area (Å²) in [5.41, 5.74) is 0. The second-order valence-corrected chi connectivity index (χ2v) is 13.4. The third-order valence-electron chi connectivity index (χ3n) is 0. The Morgan fingerprint density at radius 2 is 0.375 bits per heavy atom. The molecule has 14 nitrogen and oxygen atoms in total. The first kappa shape index (κ1) is 54.3. The van der Waals surface area contributed by atoms with E-state index < -0.39 is 74.5 Å². The SMILES string of the molecule is CS(C)=O.CS(C)=O.CS(C)=O.CS(C)=O.CS(C)=O.[O-][Cl+3]([O-])([O-])[O-].[O-][Cl+3]([O-])([O-])[O-].[O]=[V+2]. The van der Waals surface area contributed by atoms with Crippen LogP contribution >= 0.6 is 0 Å². The molecule has 0 aromatic rings. The van der Waals surface area contributed by atoms with Gasteiger partial charge in [0, 0.05) is 117 Å². The molecule has 0 heterocycles. The summed E-state index contributed by atoms with van der Waals surface area (Å²) in [5, 5.41) is 0. The minimum absolute atomic E-state index is 0.611. The molecule has 0 radical (unpaired) electrons. The van der Waals surface area contributed by atoms with Gasteiger partial charge in [0.25, 0.3) is 0 Å². The molecule has 0 aromatic heterocycles. The molecule has 0 saturated heterocycles. The summed E-state index contributed by atoms with van der Waals surface area (Å²) in [6, 6.07) is 0. The fraction of sp³-hybridized carbons (Fsp3) is 1.00. The van der Waals surface area contributed by atoms with Gasteiger partial charge in [0.2, 0.25) is 0 Å². The van der Waals surface area contributed by atoms with Gasteiger partial charge in [-0.2, -0.15) is 0 Å². The van der Waals surface area contributed by atoms with Crippen molar-refractivity contribution >= 4 is 54.0 Å². The van der Waals surface area contributed by atoms with E-state index in [4.69, 9.17) is 40.9 Å². The van der Waals surface area contributed by atoms with Gasteiger partial charge >= 0.3 is 21.0 Å². The van der Waals surface area contributed by atoms with Crippen LogP contribution in [0.2, 0.25) is 0 Å². The zero-order chi connectivity index (χ0) is 28.9. The van der Waals surface area contributed by atoms with E-state index in [1.165, 1.54) is 0 Å². The van der Waals surface area contributed by atoms with E-state index in [0.717, 1.165) is 17.4 Å². The average Bonchev–Trinajstić information content (AvgIpc) is 2.32. The predicted molar refractivity (Wildman–Crippen MR) is 101 cm³/mol. The van der Waals surface area contributed by atoms with Gasteiger partial charge in [-0.25, -0.2) is 37.3 Å². The maximum absolute atomic E-state index is 9.56. The van der Waals surface area contributed by atoms with Gasteiger partial charge in [-0.15, -0.1) is 20.5 Å². The third-order valence-corrected chi connectivity index (χ3v) is 0. The molecule has 203 valence electrons. The Hall–Kier alpha value is 1.39. The topological polar surface area (TPSA) is 287 Å². The molecule has 0 unspecified atom stereocenters. The molecular formula is C10H30Cl2O14S5V. The van der Waals surface area contributed by atoms with Crippen molar-refractivity contribution in [1.29, 1.82) is 0 Å². The number of halogens is 2. The Bertz CT molecular complexity index is 374. The normalized spacial score (nSPS) is 9.41. The van der Waals surface area contributed by atoms with E-state index in [2.05, 4.69) is 0 Å².